The zero-order chi connectivity index (χ0) is 14.5. The van der Waals surface area contributed by atoms with E-state index in [1.54, 1.807) is 11.3 Å². The average Bonchev–Trinajstić information content (AvgIpc) is 3.16. The molecule has 0 amide bonds. The van der Waals surface area contributed by atoms with Gasteiger partial charge in [-0.25, -0.2) is 4.98 Å². The highest BCUT2D eigenvalue weighted by Gasteiger charge is 2.27. The van der Waals surface area contributed by atoms with E-state index in [9.17, 15) is 0 Å². The molecular weight excluding hydrogens is 284 g/mol. The number of hydrogen-bond acceptors (Lipinski definition) is 5. The van der Waals surface area contributed by atoms with Crippen LogP contribution in [0.4, 0.5) is 0 Å². The number of aliphatic hydroxyl groups is 1. The maximum atomic E-state index is 8.83. The molecule has 112 valence electrons. The normalized spacial score (nSPS) is 19.0. The van der Waals surface area contributed by atoms with Crippen LogP contribution in [0, 0.1) is 0 Å². The molecule has 1 N–H and O–H groups in total. The number of aliphatic hydroxyl groups excluding tert-OH is 1. The monoisotopic (exact) mass is 304 g/mol. The molecule has 4 nitrogen and oxygen atoms in total. The third kappa shape index (κ3) is 3.61. The Morgan fingerprint density at radius 2 is 2.38 bits per heavy atom. The molecule has 1 aromatic heterocycles. The molecule has 0 spiro atoms. The van der Waals surface area contributed by atoms with Gasteiger partial charge in [0.2, 0.25) is 0 Å². The minimum atomic E-state index is 0.0441. The summed E-state index contributed by atoms with van der Waals surface area (Å²) in [6, 6.07) is 8.58. The Balaban J connectivity index is 1.68. The molecule has 2 heterocycles. The fourth-order valence-corrected chi connectivity index (χ4v) is 3.63. The van der Waals surface area contributed by atoms with Gasteiger partial charge in [0.1, 0.15) is 17.4 Å². The van der Waals surface area contributed by atoms with Crippen molar-refractivity contribution in [1.29, 1.82) is 0 Å². The number of rotatable bonds is 6. The minimum absolute atomic E-state index is 0.0441. The number of nitrogens with zero attached hydrogens (tertiary/aromatic N) is 2. The first-order valence-corrected chi connectivity index (χ1v) is 8.21. The largest absolute Gasteiger partial charge is 0.491 e. The molecule has 1 fully saturated rings. The van der Waals surface area contributed by atoms with E-state index in [1.807, 2.05) is 18.3 Å². The summed E-state index contributed by atoms with van der Waals surface area (Å²) < 4.78 is 5.48. The van der Waals surface area contributed by atoms with Crippen LogP contribution in [0.3, 0.4) is 0 Å². The molecule has 1 atom stereocenters. The summed E-state index contributed by atoms with van der Waals surface area (Å²) in [7, 11) is 0. The first-order valence-electron chi connectivity index (χ1n) is 7.33. The van der Waals surface area contributed by atoms with Crippen molar-refractivity contribution in [2.24, 2.45) is 0 Å². The van der Waals surface area contributed by atoms with E-state index in [1.165, 1.54) is 23.4 Å². The van der Waals surface area contributed by atoms with Gasteiger partial charge in [0.25, 0.3) is 0 Å². The zero-order valence-electron chi connectivity index (χ0n) is 11.9. The molecule has 0 radical (unpaired) electrons. The van der Waals surface area contributed by atoms with Crippen LogP contribution in [0.2, 0.25) is 0 Å². The topological polar surface area (TPSA) is 45.6 Å². The molecule has 0 saturated carbocycles. The molecule has 1 aromatic carbocycles. The lowest BCUT2D eigenvalue weighted by Crippen LogP contribution is -2.22. The van der Waals surface area contributed by atoms with Crippen LogP contribution in [0.15, 0.2) is 35.8 Å². The van der Waals surface area contributed by atoms with Crippen LogP contribution in [-0.2, 0) is 6.54 Å². The first kappa shape index (κ1) is 14.5. The maximum absolute atomic E-state index is 8.83. The van der Waals surface area contributed by atoms with E-state index in [4.69, 9.17) is 9.84 Å². The molecule has 0 unspecified atom stereocenters. The van der Waals surface area contributed by atoms with Gasteiger partial charge in [-0.05, 0) is 37.1 Å². The molecule has 5 heteroatoms. The number of likely N-dealkylation sites (tertiary alicyclic amines) is 1. The van der Waals surface area contributed by atoms with Crippen molar-refractivity contribution >= 4 is 11.3 Å². The van der Waals surface area contributed by atoms with Crippen molar-refractivity contribution < 1.29 is 9.84 Å². The first-order chi connectivity index (χ1) is 10.4. The van der Waals surface area contributed by atoms with Crippen molar-refractivity contribution in [2.75, 3.05) is 19.8 Å². The second kappa shape index (κ2) is 7.02. The molecule has 1 aliphatic heterocycles. The van der Waals surface area contributed by atoms with Crippen LogP contribution in [0.5, 0.6) is 5.75 Å². The van der Waals surface area contributed by atoms with E-state index in [0.717, 1.165) is 18.8 Å². The van der Waals surface area contributed by atoms with E-state index in [0.29, 0.717) is 12.6 Å². The summed E-state index contributed by atoms with van der Waals surface area (Å²) in [5.74, 6) is 0.826. The van der Waals surface area contributed by atoms with Gasteiger partial charge < -0.3 is 9.84 Å². The van der Waals surface area contributed by atoms with Gasteiger partial charge >= 0.3 is 0 Å². The molecule has 3 rings (SSSR count). The van der Waals surface area contributed by atoms with Gasteiger partial charge in [-0.1, -0.05) is 12.1 Å². The molecule has 1 aliphatic rings. The lowest BCUT2D eigenvalue weighted by molar-refractivity contribution is 0.201. The predicted octanol–water partition coefficient (Wildman–Crippen LogP) is 2.85. The van der Waals surface area contributed by atoms with E-state index >= 15 is 0 Å². The highest BCUT2D eigenvalue weighted by atomic mass is 32.1. The van der Waals surface area contributed by atoms with Crippen molar-refractivity contribution in [2.45, 2.75) is 25.4 Å². The second-order valence-electron chi connectivity index (χ2n) is 5.22. The lowest BCUT2D eigenvalue weighted by atomic mass is 10.2. The van der Waals surface area contributed by atoms with Gasteiger partial charge in [-0.2, -0.15) is 0 Å². The number of benzene rings is 1. The lowest BCUT2D eigenvalue weighted by Gasteiger charge is -2.23. The SMILES string of the molecule is OCCOc1cccc(CN2CCC[C@H]2c2nccs2)c1. The van der Waals surface area contributed by atoms with Crippen LogP contribution < -0.4 is 4.74 Å². The molecule has 1 saturated heterocycles. The number of hydrogen-bond donors (Lipinski definition) is 1. The van der Waals surface area contributed by atoms with Crippen LogP contribution in [-0.4, -0.2) is 34.7 Å². The Morgan fingerprint density at radius 1 is 1.43 bits per heavy atom. The van der Waals surface area contributed by atoms with Crippen LogP contribution in [0.25, 0.3) is 0 Å². The Kier molecular flexibility index (Phi) is 4.85. The van der Waals surface area contributed by atoms with Gasteiger partial charge in [0.15, 0.2) is 0 Å². The highest BCUT2D eigenvalue weighted by molar-refractivity contribution is 7.09. The Hall–Kier alpha value is -1.43. The molecule has 0 bridgehead atoms. The predicted molar refractivity (Wildman–Crippen MR) is 83.5 cm³/mol. The molecular formula is C16H20N2O2S. The summed E-state index contributed by atoms with van der Waals surface area (Å²) in [6.07, 6.45) is 4.30. The van der Waals surface area contributed by atoms with Crippen molar-refractivity contribution in [3.05, 3.63) is 46.4 Å². The third-order valence-electron chi connectivity index (χ3n) is 3.74. The summed E-state index contributed by atoms with van der Waals surface area (Å²) in [5.41, 5.74) is 1.24. The quantitative estimate of drug-likeness (QED) is 0.891. The van der Waals surface area contributed by atoms with Crippen molar-refractivity contribution in [3.63, 3.8) is 0 Å². The third-order valence-corrected chi connectivity index (χ3v) is 4.62. The van der Waals surface area contributed by atoms with Crippen LogP contribution >= 0.6 is 11.3 Å². The van der Waals surface area contributed by atoms with Gasteiger partial charge in [-0.3, -0.25) is 4.90 Å². The zero-order valence-corrected chi connectivity index (χ0v) is 12.8. The Labute approximate surface area is 129 Å². The number of aromatic nitrogens is 1. The van der Waals surface area contributed by atoms with E-state index < -0.39 is 0 Å². The smallest absolute Gasteiger partial charge is 0.119 e. The molecule has 0 aliphatic carbocycles. The van der Waals surface area contributed by atoms with Crippen LogP contribution in [0.1, 0.15) is 29.5 Å². The van der Waals surface area contributed by atoms with E-state index in [2.05, 4.69) is 27.4 Å². The molecule has 21 heavy (non-hydrogen) atoms. The summed E-state index contributed by atoms with van der Waals surface area (Å²) in [4.78, 5) is 6.96. The summed E-state index contributed by atoms with van der Waals surface area (Å²) >= 11 is 1.74. The summed E-state index contributed by atoms with van der Waals surface area (Å²) in [6.45, 7) is 2.42. The standard InChI is InChI=1S/C16H20N2O2S/c19-8-9-20-14-4-1-3-13(11-14)12-18-7-2-5-15(18)16-17-6-10-21-16/h1,3-4,6,10-11,15,19H,2,5,7-9,12H2/t15-/m0/s1. The minimum Gasteiger partial charge on any atom is -0.491 e. The van der Waals surface area contributed by atoms with E-state index in [-0.39, 0.29) is 6.61 Å². The Bertz CT molecular complexity index is 559. The Morgan fingerprint density at radius 3 is 3.19 bits per heavy atom. The highest BCUT2D eigenvalue weighted by Crippen LogP contribution is 2.34. The fourth-order valence-electron chi connectivity index (χ4n) is 2.83. The molecule has 2 aromatic rings. The second-order valence-corrected chi connectivity index (χ2v) is 6.14. The van der Waals surface area contributed by atoms with Crippen molar-refractivity contribution in [3.8, 4) is 5.75 Å². The number of thiazole rings is 1. The maximum Gasteiger partial charge on any atom is 0.119 e. The van der Waals surface area contributed by atoms with Crippen molar-refractivity contribution in [1.82, 2.24) is 9.88 Å². The number of ether oxygens (including phenoxy) is 1. The van der Waals surface area contributed by atoms with Gasteiger partial charge in [0.05, 0.1) is 12.6 Å². The fraction of sp³-hybridized carbons (Fsp3) is 0.438. The average molecular weight is 304 g/mol. The summed E-state index contributed by atoms with van der Waals surface area (Å²) in [5, 5.41) is 12.1. The van der Waals surface area contributed by atoms with Gasteiger partial charge in [0, 0.05) is 18.1 Å². The van der Waals surface area contributed by atoms with Gasteiger partial charge in [-0.15, -0.1) is 11.3 Å².